The van der Waals surface area contributed by atoms with Gasteiger partial charge in [-0.15, -0.1) is 11.3 Å². The van der Waals surface area contributed by atoms with Crippen molar-refractivity contribution in [1.82, 2.24) is 4.98 Å². The summed E-state index contributed by atoms with van der Waals surface area (Å²) >= 11 is 1.36. The van der Waals surface area contributed by atoms with Gasteiger partial charge in [0.15, 0.2) is 5.13 Å². The molecule has 158 valence electrons. The lowest BCUT2D eigenvalue weighted by atomic mass is 10.0. The minimum Gasteiger partial charge on any atom is -0.309 e. The fraction of sp³-hybridized carbons (Fsp3) is 0.292. The van der Waals surface area contributed by atoms with Crippen molar-refractivity contribution in [2.24, 2.45) is 5.92 Å². The average molecular weight is 436 g/mol. The van der Waals surface area contributed by atoms with Gasteiger partial charge in [-0.05, 0) is 62.9 Å². The molecular weight excluding hydrogens is 413 g/mol. The van der Waals surface area contributed by atoms with E-state index >= 15 is 0 Å². The average Bonchev–Trinajstić information content (AvgIpc) is 3.45. The van der Waals surface area contributed by atoms with Crippen LogP contribution in [0.5, 0.6) is 0 Å². The molecule has 2 aromatic carbocycles. The summed E-state index contributed by atoms with van der Waals surface area (Å²) in [6, 6.07) is 12.1. The van der Waals surface area contributed by atoms with Crippen LogP contribution in [0.15, 0.2) is 42.5 Å². The number of fused-ring (bicyclic) bond motifs is 1. The largest absolute Gasteiger partial charge is 0.309 e. The van der Waals surface area contributed by atoms with Gasteiger partial charge in [0, 0.05) is 28.1 Å². The van der Waals surface area contributed by atoms with Crippen molar-refractivity contribution in [3.8, 4) is 11.3 Å². The second kappa shape index (κ2) is 7.57. The highest BCUT2D eigenvalue weighted by Crippen LogP contribution is 2.41. The molecule has 2 amide bonds. The normalized spacial score (nSPS) is 17.5. The number of nitrogens with zero attached hydrogens (tertiary/aromatic N) is 2. The summed E-state index contributed by atoms with van der Waals surface area (Å²) in [5.74, 6) is -0.654. The summed E-state index contributed by atoms with van der Waals surface area (Å²) in [5, 5.41) is 3.14. The van der Waals surface area contributed by atoms with Crippen LogP contribution in [0.4, 0.5) is 15.2 Å². The standard InChI is InChI=1S/C24H22FN3O2S/c1-13-11-17-12-16(9-10-20(17)28(13)23(30)15-7-8-15)21-14(2)31-24(26-21)27-22(29)18-5-3-4-6-19(18)25/h3-6,9-10,12-13,15H,7-8,11H2,1-2H3,(H,26,27,29)/t13-/m0/s1. The number of anilines is 2. The fourth-order valence-corrected chi connectivity index (χ4v) is 5.00. The predicted molar refractivity (Wildman–Crippen MR) is 120 cm³/mol. The van der Waals surface area contributed by atoms with Crippen molar-refractivity contribution in [3.05, 3.63) is 64.3 Å². The quantitative estimate of drug-likeness (QED) is 0.613. The Labute approximate surface area is 183 Å². The molecule has 7 heteroatoms. The molecule has 1 saturated carbocycles. The van der Waals surface area contributed by atoms with Crippen LogP contribution in [-0.2, 0) is 11.2 Å². The monoisotopic (exact) mass is 435 g/mol. The molecule has 2 aliphatic rings. The second-order valence-corrected chi connectivity index (χ2v) is 9.44. The lowest BCUT2D eigenvalue weighted by Crippen LogP contribution is -2.36. The molecule has 0 spiro atoms. The van der Waals surface area contributed by atoms with Gasteiger partial charge in [-0.25, -0.2) is 9.37 Å². The number of amides is 2. The van der Waals surface area contributed by atoms with E-state index in [9.17, 15) is 14.0 Å². The second-order valence-electron chi connectivity index (χ2n) is 8.24. The Kier molecular flexibility index (Phi) is 4.85. The van der Waals surface area contributed by atoms with Gasteiger partial charge in [-0.1, -0.05) is 18.2 Å². The Hall–Kier alpha value is -3.06. The molecule has 2 heterocycles. The molecule has 0 radical (unpaired) electrons. The first-order valence-electron chi connectivity index (χ1n) is 10.4. The minimum atomic E-state index is -0.563. The molecule has 0 bridgehead atoms. The van der Waals surface area contributed by atoms with E-state index in [1.54, 1.807) is 12.1 Å². The third-order valence-corrected chi connectivity index (χ3v) is 6.75. The third kappa shape index (κ3) is 3.63. The number of benzene rings is 2. The van der Waals surface area contributed by atoms with Crippen molar-refractivity contribution >= 4 is 34.0 Å². The summed E-state index contributed by atoms with van der Waals surface area (Å²) in [5.41, 5.74) is 3.87. The van der Waals surface area contributed by atoms with E-state index in [-0.39, 0.29) is 23.4 Å². The molecule has 1 atom stereocenters. The Balaban J connectivity index is 1.40. The maximum atomic E-state index is 13.9. The van der Waals surface area contributed by atoms with Crippen LogP contribution in [-0.4, -0.2) is 22.8 Å². The number of carbonyl (C=O) groups is 2. The van der Waals surface area contributed by atoms with E-state index in [1.807, 2.05) is 24.0 Å². The molecule has 1 aromatic heterocycles. The number of halogens is 1. The highest BCUT2D eigenvalue weighted by molar-refractivity contribution is 7.16. The Morgan fingerprint density at radius 3 is 2.71 bits per heavy atom. The summed E-state index contributed by atoms with van der Waals surface area (Å²) in [6.07, 6.45) is 2.81. The van der Waals surface area contributed by atoms with Gasteiger partial charge in [0.1, 0.15) is 5.82 Å². The number of aromatic nitrogens is 1. The van der Waals surface area contributed by atoms with E-state index in [0.717, 1.165) is 46.6 Å². The number of carbonyl (C=O) groups excluding carboxylic acids is 2. The molecule has 0 saturated heterocycles. The van der Waals surface area contributed by atoms with E-state index < -0.39 is 11.7 Å². The summed E-state index contributed by atoms with van der Waals surface area (Å²) in [7, 11) is 0. The zero-order valence-electron chi connectivity index (χ0n) is 17.3. The maximum absolute atomic E-state index is 13.9. The Morgan fingerprint density at radius 1 is 1.19 bits per heavy atom. The summed E-state index contributed by atoms with van der Waals surface area (Å²) < 4.78 is 13.9. The molecule has 0 unspecified atom stereocenters. The zero-order valence-corrected chi connectivity index (χ0v) is 18.1. The molecule has 31 heavy (non-hydrogen) atoms. The van der Waals surface area contributed by atoms with Gasteiger partial charge in [-0.2, -0.15) is 0 Å². The van der Waals surface area contributed by atoms with Crippen LogP contribution in [0, 0.1) is 18.7 Å². The number of nitrogens with one attached hydrogen (secondary N) is 1. The van der Waals surface area contributed by atoms with E-state index in [1.165, 1.54) is 23.5 Å². The number of aryl methyl sites for hydroxylation is 1. The first-order chi connectivity index (χ1) is 14.9. The number of thiazole rings is 1. The van der Waals surface area contributed by atoms with Crippen LogP contribution < -0.4 is 10.2 Å². The Morgan fingerprint density at radius 2 is 1.97 bits per heavy atom. The first-order valence-corrected chi connectivity index (χ1v) is 11.2. The molecule has 1 fully saturated rings. The van der Waals surface area contributed by atoms with Crippen LogP contribution >= 0.6 is 11.3 Å². The molecule has 1 aliphatic carbocycles. The fourth-order valence-electron chi connectivity index (χ4n) is 4.17. The molecular formula is C24H22FN3O2S. The van der Waals surface area contributed by atoms with Crippen LogP contribution in [0.1, 0.15) is 40.6 Å². The summed E-state index contributed by atoms with van der Waals surface area (Å²) in [4.78, 5) is 32.6. The predicted octanol–water partition coefficient (Wildman–Crippen LogP) is 5.20. The van der Waals surface area contributed by atoms with Crippen molar-refractivity contribution in [2.75, 3.05) is 10.2 Å². The van der Waals surface area contributed by atoms with Gasteiger partial charge in [0.2, 0.25) is 5.91 Å². The molecule has 5 rings (SSSR count). The van der Waals surface area contributed by atoms with Crippen molar-refractivity contribution < 1.29 is 14.0 Å². The van der Waals surface area contributed by atoms with Gasteiger partial charge in [0.25, 0.3) is 5.91 Å². The zero-order chi connectivity index (χ0) is 21.7. The highest BCUT2D eigenvalue weighted by atomic mass is 32.1. The van der Waals surface area contributed by atoms with E-state index in [4.69, 9.17) is 0 Å². The third-order valence-electron chi connectivity index (χ3n) is 5.87. The van der Waals surface area contributed by atoms with Crippen molar-refractivity contribution in [3.63, 3.8) is 0 Å². The van der Waals surface area contributed by atoms with Gasteiger partial charge in [-0.3, -0.25) is 14.9 Å². The lowest BCUT2D eigenvalue weighted by Gasteiger charge is -2.22. The van der Waals surface area contributed by atoms with Crippen molar-refractivity contribution in [2.45, 2.75) is 39.2 Å². The van der Waals surface area contributed by atoms with Crippen LogP contribution in [0.2, 0.25) is 0 Å². The molecule has 1 aliphatic heterocycles. The van der Waals surface area contributed by atoms with E-state index in [2.05, 4.69) is 23.3 Å². The minimum absolute atomic E-state index is 0.0103. The SMILES string of the molecule is Cc1sc(NC(=O)c2ccccc2F)nc1-c1ccc2c(c1)C[C@H](C)N2C(=O)C1CC1. The maximum Gasteiger partial charge on any atom is 0.260 e. The first kappa shape index (κ1) is 19.9. The number of hydrogen-bond donors (Lipinski definition) is 1. The number of hydrogen-bond acceptors (Lipinski definition) is 4. The van der Waals surface area contributed by atoms with Crippen LogP contribution in [0.25, 0.3) is 11.3 Å². The Bertz CT molecular complexity index is 1200. The van der Waals surface area contributed by atoms with Crippen LogP contribution in [0.3, 0.4) is 0 Å². The lowest BCUT2D eigenvalue weighted by molar-refractivity contribution is -0.120. The molecule has 3 aromatic rings. The van der Waals surface area contributed by atoms with E-state index in [0.29, 0.717) is 5.13 Å². The van der Waals surface area contributed by atoms with Gasteiger partial charge < -0.3 is 4.90 Å². The van der Waals surface area contributed by atoms with Crippen molar-refractivity contribution in [1.29, 1.82) is 0 Å². The van der Waals surface area contributed by atoms with Gasteiger partial charge in [0.05, 0.1) is 11.3 Å². The summed E-state index contributed by atoms with van der Waals surface area (Å²) in [6.45, 7) is 4.04. The number of rotatable bonds is 4. The topological polar surface area (TPSA) is 62.3 Å². The molecule has 5 nitrogen and oxygen atoms in total. The smallest absolute Gasteiger partial charge is 0.260 e. The van der Waals surface area contributed by atoms with Gasteiger partial charge >= 0.3 is 0 Å². The highest BCUT2D eigenvalue weighted by Gasteiger charge is 2.39. The molecule has 1 N–H and O–H groups in total.